The van der Waals surface area contributed by atoms with Gasteiger partial charge in [-0.2, -0.15) is 17.5 Å². The molecule has 17 heteroatoms. The molecule has 10 aromatic rings. The second-order valence-corrected chi connectivity index (χ2v) is 33.9. The third-order valence-electron chi connectivity index (χ3n) is 16.8. The lowest BCUT2D eigenvalue weighted by molar-refractivity contribution is 0.469. The van der Waals surface area contributed by atoms with Crippen molar-refractivity contribution in [3.8, 4) is 71.0 Å². The monoisotopic (exact) mass is 1250 g/mol. The normalized spacial score (nSPS) is 13.8. The summed E-state index contributed by atoms with van der Waals surface area (Å²) < 4.78 is 88.6. The molecule has 8 aromatic heterocycles. The summed E-state index contributed by atoms with van der Waals surface area (Å²) in [5.41, 5.74) is 2.07. The van der Waals surface area contributed by atoms with Gasteiger partial charge in [0.05, 0.1) is 45.7 Å². The average molecular weight is 1260 g/mol. The van der Waals surface area contributed by atoms with Gasteiger partial charge in [0.2, 0.25) is 0 Å². The average Bonchev–Trinajstić information content (AvgIpc) is 4.52. The first-order valence-electron chi connectivity index (χ1n) is 29.5. The molecule has 0 saturated heterocycles. The van der Waals surface area contributed by atoms with Crippen LogP contribution in [0.1, 0.15) is 154 Å². The van der Waals surface area contributed by atoms with E-state index < -0.39 is 31.3 Å². The quantitative estimate of drug-likeness (QED) is 0.0279. The van der Waals surface area contributed by atoms with Crippen molar-refractivity contribution in [2.75, 3.05) is 0 Å². The van der Waals surface area contributed by atoms with E-state index in [2.05, 4.69) is 77.9 Å². The van der Waals surface area contributed by atoms with Crippen molar-refractivity contribution in [1.29, 1.82) is 0 Å². The highest BCUT2D eigenvalue weighted by Crippen LogP contribution is 2.53. The summed E-state index contributed by atoms with van der Waals surface area (Å²) in [6.45, 7) is 13.6. The fourth-order valence-corrected chi connectivity index (χ4v) is 28.3. The van der Waals surface area contributed by atoms with E-state index in [1.165, 1.54) is 104 Å². The molecule has 0 N–H and O–H groups in total. The van der Waals surface area contributed by atoms with Crippen LogP contribution in [0, 0.1) is 35.1 Å². The predicted molar refractivity (Wildman–Crippen MR) is 350 cm³/mol. The number of thiophene rings is 6. The van der Waals surface area contributed by atoms with Crippen molar-refractivity contribution in [2.45, 2.75) is 169 Å². The van der Waals surface area contributed by atoms with Gasteiger partial charge in [-0.15, -0.1) is 68.0 Å². The molecule has 11 rings (SSSR count). The van der Waals surface area contributed by atoms with Crippen LogP contribution in [0.2, 0.25) is 12.1 Å². The van der Waals surface area contributed by atoms with Crippen molar-refractivity contribution < 1.29 is 17.6 Å². The highest BCUT2D eigenvalue weighted by Gasteiger charge is 2.50. The lowest BCUT2D eigenvalue weighted by atomic mass is 10.0. The van der Waals surface area contributed by atoms with Gasteiger partial charge in [0.25, 0.3) is 0 Å². The van der Waals surface area contributed by atoms with Crippen LogP contribution in [0.25, 0.3) is 93.1 Å². The fourth-order valence-electron chi connectivity index (χ4n) is 12.4. The first-order chi connectivity index (χ1) is 39.5. The summed E-state index contributed by atoms with van der Waals surface area (Å²) >= 11 is 11.4. The molecule has 4 nitrogen and oxygen atoms in total. The standard InChI is InChI=1S/C64H70F4N4S8Si/c1-7-13-17-19-23-39-25-27-41(73-39)43-29-31-45(75-43)51-55(65)57(67)53(61-59(51)69-79-71-61)47-33-49-63(77-47)64-50(81(49,35-37(11-5)21-15-9-3)36-38(12-6)22-16-10-4)34-48(78-64)54-58(68)56(66)52(60-62(54)72-80-70-60)46-32-30-44(76-46)42-28-26-40(74-42)24-20-18-14-8-2/h25-34,37-38H,7-24,35-36H2,1-6H3. The van der Waals surface area contributed by atoms with Gasteiger partial charge in [-0.3, -0.25) is 0 Å². The van der Waals surface area contributed by atoms with E-state index in [0.717, 1.165) is 142 Å². The van der Waals surface area contributed by atoms with Crippen LogP contribution >= 0.6 is 91.5 Å². The van der Waals surface area contributed by atoms with E-state index >= 15 is 17.6 Å². The molecule has 0 fully saturated rings. The number of hydrogen-bond acceptors (Lipinski definition) is 12. The van der Waals surface area contributed by atoms with Crippen LogP contribution in [-0.2, 0) is 12.8 Å². The molecule has 2 unspecified atom stereocenters. The number of rotatable bonds is 28. The summed E-state index contributed by atoms with van der Waals surface area (Å²) in [4.78, 5) is 11.5. The number of benzene rings is 2. The number of hydrogen-bond donors (Lipinski definition) is 0. The largest absolute Gasteiger partial charge is 0.203 e. The van der Waals surface area contributed by atoms with Gasteiger partial charge in [-0.25, -0.2) is 17.6 Å². The van der Waals surface area contributed by atoms with E-state index in [4.69, 9.17) is 17.5 Å². The first kappa shape index (κ1) is 59.0. The molecule has 0 bridgehead atoms. The van der Waals surface area contributed by atoms with Gasteiger partial charge in [-0.05, 0) is 121 Å². The summed E-state index contributed by atoms with van der Waals surface area (Å²) in [5, 5.41) is 2.52. The maximum absolute atomic E-state index is 17.5. The lowest BCUT2D eigenvalue weighted by Crippen LogP contribution is -2.56. The minimum atomic E-state index is -2.81. The molecular formula is C64H70F4N4S8Si. The molecule has 0 spiro atoms. The maximum Gasteiger partial charge on any atom is 0.170 e. The topological polar surface area (TPSA) is 51.6 Å². The Labute approximate surface area is 508 Å². The Kier molecular flexibility index (Phi) is 19.1. The highest BCUT2D eigenvalue weighted by atomic mass is 32.1. The van der Waals surface area contributed by atoms with Crippen molar-refractivity contribution >= 4 is 132 Å². The fraction of sp³-hybridized carbons (Fsp3) is 0.438. The Morgan fingerprint density at radius 1 is 0.383 bits per heavy atom. The molecule has 2 atom stereocenters. The van der Waals surface area contributed by atoms with Crippen LogP contribution in [0.3, 0.4) is 0 Å². The molecule has 0 aliphatic carbocycles. The van der Waals surface area contributed by atoms with Crippen molar-refractivity contribution in [3.05, 3.63) is 93.7 Å². The predicted octanol–water partition coefficient (Wildman–Crippen LogP) is 22.8. The van der Waals surface area contributed by atoms with Crippen LogP contribution in [-0.4, -0.2) is 25.6 Å². The molecule has 0 amide bonds. The SMILES string of the molecule is CCCCCCc1ccc(-c2ccc(-c3c(F)c(F)c(-c4cc5c(s4)-c4sc(-c6c(F)c(F)c(-c7ccc(-c8ccc(CCCCCC)s8)s7)c7nsnc67)cc4[Si]5(CC(CC)CCCC)CC(CC)CCCC)c4nsnc34)s2)s1. The number of aromatic nitrogens is 4. The molecule has 9 heterocycles. The first-order valence-corrected chi connectivity index (χ1v) is 38.3. The van der Waals surface area contributed by atoms with E-state index in [-0.39, 0.29) is 22.3 Å². The number of unbranched alkanes of at least 4 members (excludes halogenated alkanes) is 8. The zero-order valence-corrected chi connectivity index (χ0v) is 54.7. The van der Waals surface area contributed by atoms with E-state index in [0.29, 0.717) is 53.4 Å². The summed E-state index contributed by atoms with van der Waals surface area (Å²) in [6.07, 6.45) is 20.4. The molecule has 1 aliphatic rings. The molecular weight excluding hydrogens is 1190 g/mol. The lowest BCUT2D eigenvalue weighted by Gasteiger charge is -2.35. The smallest absolute Gasteiger partial charge is 0.170 e. The van der Waals surface area contributed by atoms with Gasteiger partial charge in [-0.1, -0.05) is 131 Å². The number of fused-ring (bicyclic) bond motifs is 5. The third-order valence-corrected chi connectivity index (χ3v) is 31.0. The minimum Gasteiger partial charge on any atom is -0.203 e. The Morgan fingerprint density at radius 2 is 0.728 bits per heavy atom. The van der Waals surface area contributed by atoms with Crippen LogP contribution in [0.4, 0.5) is 17.6 Å². The number of halogens is 4. The molecule has 1 aliphatic heterocycles. The molecule has 2 aromatic carbocycles. The number of aryl methyl sites for hydroxylation is 2. The van der Waals surface area contributed by atoms with Gasteiger partial charge in [0.1, 0.15) is 30.1 Å². The van der Waals surface area contributed by atoms with Gasteiger partial charge in [0.15, 0.2) is 23.3 Å². The molecule has 426 valence electrons. The van der Waals surface area contributed by atoms with E-state index in [9.17, 15) is 0 Å². The van der Waals surface area contributed by atoms with Gasteiger partial charge >= 0.3 is 0 Å². The summed E-state index contributed by atoms with van der Waals surface area (Å²) in [7, 11) is -2.81. The van der Waals surface area contributed by atoms with Gasteiger partial charge in [0, 0.05) is 58.5 Å². The van der Waals surface area contributed by atoms with Crippen LogP contribution in [0.15, 0.2) is 60.7 Å². The minimum absolute atomic E-state index is 0.150. The second-order valence-electron chi connectivity index (χ2n) is 22.2. The highest BCUT2D eigenvalue weighted by molar-refractivity contribution is 7.32. The molecule has 81 heavy (non-hydrogen) atoms. The van der Waals surface area contributed by atoms with Crippen LogP contribution in [0.5, 0.6) is 0 Å². The Morgan fingerprint density at radius 3 is 1.10 bits per heavy atom. The van der Waals surface area contributed by atoms with Crippen molar-refractivity contribution in [3.63, 3.8) is 0 Å². The third kappa shape index (κ3) is 11.6. The summed E-state index contributed by atoms with van der Waals surface area (Å²) in [6, 6.07) is 22.9. The van der Waals surface area contributed by atoms with Crippen molar-refractivity contribution in [2.24, 2.45) is 11.8 Å². The number of nitrogens with zero attached hydrogens (tertiary/aromatic N) is 4. The molecule has 0 saturated carbocycles. The van der Waals surface area contributed by atoms with E-state index in [1.807, 2.05) is 24.3 Å². The van der Waals surface area contributed by atoms with Gasteiger partial charge < -0.3 is 0 Å². The summed E-state index contributed by atoms with van der Waals surface area (Å²) in [5.74, 6) is -2.80. The second kappa shape index (κ2) is 26.2. The van der Waals surface area contributed by atoms with E-state index in [1.54, 1.807) is 22.7 Å². The zero-order chi connectivity index (χ0) is 56.4. The Bertz CT molecular complexity index is 3530. The maximum atomic E-state index is 17.5. The Balaban J connectivity index is 1.02. The Hall–Kier alpha value is -3.78. The van der Waals surface area contributed by atoms with Crippen LogP contribution < -0.4 is 10.4 Å². The zero-order valence-electron chi connectivity index (χ0n) is 47.1. The van der Waals surface area contributed by atoms with Crippen molar-refractivity contribution in [1.82, 2.24) is 17.5 Å². The molecule has 0 radical (unpaired) electrons.